The molecular weight excluding hydrogens is 510 g/mol. The first-order chi connectivity index (χ1) is 18.6. The standard InChI is InChI=1S/C32H41NO5S/c1-6-37-30(35)26-27-25(39-29(26)33-28(34)19-12-14-38-31(2,3)17-19)16-24-23-9-7-18-15-20(36-5)8-10-21(18)22(23)11-13-32(24,27)4/h8,10,15,19,22-24H,6-7,9,11-14,16-17H2,1-5H3,(H,33,34)/t19-,22-,23+,24+,32-/m1/s1. The van der Waals surface area contributed by atoms with Crippen molar-refractivity contribution in [1.29, 1.82) is 0 Å². The normalized spacial score (nSPS) is 30.4. The molecule has 6 nitrogen and oxygen atoms in total. The van der Waals surface area contributed by atoms with Crippen molar-refractivity contribution in [3.8, 4) is 5.75 Å². The number of hydrogen-bond donors (Lipinski definition) is 1. The highest BCUT2D eigenvalue weighted by Gasteiger charge is 2.55. The van der Waals surface area contributed by atoms with Gasteiger partial charge in [0.1, 0.15) is 10.8 Å². The predicted octanol–water partition coefficient (Wildman–Crippen LogP) is 6.65. The molecule has 0 spiro atoms. The van der Waals surface area contributed by atoms with Gasteiger partial charge in [0.05, 0.1) is 24.9 Å². The molecule has 0 radical (unpaired) electrons. The second kappa shape index (κ2) is 9.91. The highest BCUT2D eigenvalue weighted by molar-refractivity contribution is 7.17. The number of thiophene rings is 1. The van der Waals surface area contributed by atoms with E-state index in [2.05, 4.69) is 30.4 Å². The van der Waals surface area contributed by atoms with Gasteiger partial charge in [-0.05, 0) is 118 Å². The van der Waals surface area contributed by atoms with Crippen LogP contribution in [0.3, 0.4) is 0 Å². The van der Waals surface area contributed by atoms with Crippen LogP contribution >= 0.6 is 11.3 Å². The molecule has 2 fully saturated rings. The number of methoxy groups -OCH3 is 1. The van der Waals surface area contributed by atoms with Crippen molar-refractivity contribution in [2.45, 2.75) is 89.6 Å². The Bertz CT molecular complexity index is 1300. The maximum absolute atomic E-state index is 13.5. The average molecular weight is 552 g/mol. The SMILES string of the molecule is CCOC(=O)c1c(NC(=O)[C@@H]2CCOC(C)(C)C2)sc2c1[C@]1(C)CC[C@@H]3c4ccc(OC)cc4CC[C@@H]3[C@@H]1C2. The summed E-state index contributed by atoms with van der Waals surface area (Å²) in [5, 5.41) is 3.87. The summed E-state index contributed by atoms with van der Waals surface area (Å²) in [5.74, 6) is 2.12. The van der Waals surface area contributed by atoms with Crippen LogP contribution in [0.5, 0.6) is 5.75 Å². The van der Waals surface area contributed by atoms with Crippen LogP contribution in [0, 0.1) is 17.8 Å². The average Bonchev–Trinajstić information content (AvgIpc) is 3.41. The van der Waals surface area contributed by atoms with Gasteiger partial charge in [-0.15, -0.1) is 11.3 Å². The van der Waals surface area contributed by atoms with Crippen LogP contribution in [0.2, 0.25) is 0 Å². The Hall–Kier alpha value is -2.38. The fourth-order valence-electron chi connectivity index (χ4n) is 8.27. The van der Waals surface area contributed by atoms with E-state index in [9.17, 15) is 9.59 Å². The molecule has 2 aromatic rings. The fourth-order valence-corrected chi connectivity index (χ4v) is 9.66. The number of hydrogen-bond acceptors (Lipinski definition) is 6. The summed E-state index contributed by atoms with van der Waals surface area (Å²) in [7, 11) is 1.73. The summed E-state index contributed by atoms with van der Waals surface area (Å²) in [6, 6.07) is 6.61. The first-order valence-corrected chi connectivity index (χ1v) is 15.4. The summed E-state index contributed by atoms with van der Waals surface area (Å²) in [5.41, 5.74) is 4.27. The molecular formula is C32H41NO5S. The summed E-state index contributed by atoms with van der Waals surface area (Å²) in [6.07, 6.45) is 6.71. The van der Waals surface area contributed by atoms with Crippen LogP contribution in [-0.2, 0) is 32.5 Å². The fraction of sp³-hybridized carbons (Fsp3) is 0.625. The lowest BCUT2D eigenvalue weighted by atomic mass is 9.54. The minimum absolute atomic E-state index is 0.0124. The van der Waals surface area contributed by atoms with Gasteiger partial charge < -0.3 is 19.5 Å². The Morgan fingerprint density at radius 2 is 2.00 bits per heavy atom. The summed E-state index contributed by atoms with van der Waals surface area (Å²) in [4.78, 5) is 28.1. The minimum atomic E-state index is -0.315. The van der Waals surface area contributed by atoms with Crippen molar-refractivity contribution >= 4 is 28.2 Å². The molecule has 0 bridgehead atoms. The van der Waals surface area contributed by atoms with Crippen molar-refractivity contribution in [2.75, 3.05) is 25.6 Å². The molecule has 1 aromatic heterocycles. The zero-order chi connectivity index (χ0) is 27.5. The lowest BCUT2D eigenvalue weighted by molar-refractivity contribution is -0.130. The zero-order valence-electron chi connectivity index (χ0n) is 23.9. The molecule has 4 aliphatic rings. The number of ether oxygens (including phenoxy) is 3. The molecule has 2 heterocycles. The van der Waals surface area contributed by atoms with Crippen molar-refractivity contribution in [2.24, 2.45) is 17.8 Å². The van der Waals surface area contributed by atoms with Gasteiger partial charge in [0.15, 0.2) is 0 Å². The molecule has 1 aliphatic heterocycles. The van der Waals surface area contributed by atoms with E-state index in [0.717, 1.165) is 43.4 Å². The predicted molar refractivity (Wildman–Crippen MR) is 153 cm³/mol. The van der Waals surface area contributed by atoms with E-state index < -0.39 is 0 Å². The first-order valence-electron chi connectivity index (χ1n) is 14.6. The first kappa shape index (κ1) is 26.8. The molecule has 1 saturated carbocycles. The Morgan fingerprint density at radius 3 is 2.74 bits per heavy atom. The van der Waals surface area contributed by atoms with Crippen LogP contribution in [0.4, 0.5) is 5.00 Å². The molecule has 1 N–H and O–H groups in total. The Morgan fingerprint density at radius 1 is 1.18 bits per heavy atom. The van der Waals surface area contributed by atoms with E-state index in [1.54, 1.807) is 18.4 Å². The van der Waals surface area contributed by atoms with Gasteiger partial charge in [0.25, 0.3) is 0 Å². The lowest BCUT2D eigenvalue weighted by Gasteiger charge is -2.49. The third-order valence-electron chi connectivity index (χ3n) is 10.1. The van der Waals surface area contributed by atoms with Gasteiger partial charge in [-0.25, -0.2) is 4.79 Å². The summed E-state index contributed by atoms with van der Waals surface area (Å²) < 4.78 is 16.9. The van der Waals surface area contributed by atoms with E-state index in [-0.39, 0.29) is 28.8 Å². The highest BCUT2D eigenvalue weighted by Crippen LogP contribution is 2.63. The third kappa shape index (κ3) is 4.50. The van der Waals surface area contributed by atoms with Gasteiger partial charge >= 0.3 is 5.97 Å². The van der Waals surface area contributed by atoms with Gasteiger partial charge in [0.2, 0.25) is 5.91 Å². The van der Waals surface area contributed by atoms with E-state index in [1.165, 1.54) is 16.0 Å². The van der Waals surface area contributed by atoms with Gasteiger partial charge in [-0.3, -0.25) is 4.79 Å². The monoisotopic (exact) mass is 551 g/mol. The number of benzene rings is 1. The Labute approximate surface area is 235 Å². The number of aryl methyl sites for hydroxylation is 1. The van der Waals surface area contributed by atoms with Crippen LogP contribution in [0.1, 0.15) is 97.6 Å². The van der Waals surface area contributed by atoms with Crippen LogP contribution in [0.15, 0.2) is 18.2 Å². The summed E-state index contributed by atoms with van der Waals surface area (Å²) >= 11 is 1.61. The zero-order valence-corrected chi connectivity index (χ0v) is 24.7. The number of esters is 1. The van der Waals surface area contributed by atoms with Gasteiger partial charge in [-0.2, -0.15) is 0 Å². The van der Waals surface area contributed by atoms with Crippen molar-refractivity contribution in [1.82, 2.24) is 0 Å². The minimum Gasteiger partial charge on any atom is -0.497 e. The highest BCUT2D eigenvalue weighted by atomic mass is 32.1. The van der Waals surface area contributed by atoms with Gasteiger partial charge in [0, 0.05) is 17.4 Å². The molecule has 7 heteroatoms. The van der Waals surface area contributed by atoms with Crippen molar-refractivity contribution in [3.63, 3.8) is 0 Å². The number of carbonyl (C=O) groups is 2. The molecule has 3 aliphatic carbocycles. The molecule has 1 amide bonds. The van der Waals surface area contributed by atoms with Gasteiger partial charge in [-0.1, -0.05) is 13.0 Å². The molecule has 1 saturated heterocycles. The van der Waals surface area contributed by atoms with E-state index in [1.807, 2.05) is 20.8 Å². The summed E-state index contributed by atoms with van der Waals surface area (Å²) in [6.45, 7) is 9.18. The van der Waals surface area contributed by atoms with Crippen molar-refractivity contribution in [3.05, 3.63) is 45.3 Å². The second-order valence-electron chi connectivity index (χ2n) is 12.8. The number of rotatable bonds is 5. The molecule has 1 aromatic carbocycles. The lowest BCUT2D eigenvalue weighted by Crippen LogP contribution is -2.43. The van der Waals surface area contributed by atoms with Crippen LogP contribution < -0.4 is 10.1 Å². The van der Waals surface area contributed by atoms with Crippen LogP contribution in [-0.4, -0.2) is 37.8 Å². The van der Waals surface area contributed by atoms with Crippen molar-refractivity contribution < 1.29 is 23.8 Å². The van der Waals surface area contributed by atoms with E-state index in [4.69, 9.17) is 14.2 Å². The Balaban J connectivity index is 1.31. The van der Waals surface area contributed by atoms with Crippen LogP contribution in [0.25, 0.3) is 0 Å². The smallest absolute Gasteiger partial charge is 0.341 e. The topological polar surface area (TPSA) is 73.9 Å². The number of fused-ring (bicyclic) bond motifs is 7. The Kier molecular flexibility index (Phi) is 6.82. The molecule has 39 heavy (non-hydrogen) atoms. The largest absolute Gasteiger partial charge is 0.497 e. The van der Waals surface area contributed by atoms with E-state index in [0.29, 0.717) is 54.4 Å². The number of amides is 1. The maximum atomic E-state index is 13.5. The second-order valence-corrected chi connectivity index (χ2v) is 13.9. The van der Waals surface area contributed by atoms with E-state index >= 15 is 0 Å². The third-order valence-corrected chi connectivity index (χ3v) is 11.2. The number of nitrogens with one attached hydrogen (secondary N) is 1. The number of anilines is 1. The maximum Gasteiger partial charge on any atom is 0.341 e. The quantitative estimate of drug-likeness (QED) is 0.422. The number of carbonyl (C=O) groups excluding carboxylic acids is 2. The molecule has 210 valence electrons. The molecule has 0 unspecified atom stereocenters. The molecule has 6 rings (SSSR count). The molecule has 5 atom stereocenters.